The van der Waals surface area contributed by atoms with Crippen LogP contribution in [0.25, 0.3) is 28.3 Å². The lowest BCUT2D eigenvalue weighted by atomic mass is 10.1. The molecule has 0 amide bonds. The summed E-state index contributed by atoms with van der Waals surface area (Å²) in [6.07, 6.45) is 5.36. The molecule has 0 saturated carbocycles. The van der Waals surface area contributed by atoms with Crippen molar-refractivity contribution in [2.24, 2.45) is 0 Å². The molecule has 0 spiro atoms. The van der Waals surface area contributed by atoms with E-state index in [9.17, 15) is 8.78 Å². The summed E-state index contributed by atoms with van der Waals surface area (Å²) in [5.41, 5.74) is 7.68. The normalized spacial score (nSPS) is 13.7. The molecule has 8 nitrogen and oxygen atoms in total. The first-order chi connectivity index (χ1) is 15.1. The van der Waals surface area contributed by atoms with Crippen LogP contribution in [0, 0.1) is 11.6 Å². The van der Waals surface area contributed by atoms with Crippen LogP contribution in [0.5, 0.6) is 0 Å². The van der Waals surface area contributed by atoms with Gasteiger partial charge < -0.3 is 10.6 Å². The topological polar surface area (TPSA) is 98.6 Å². The van der Waals surface area contributed by atoms with E-state index in [-0.39, 0.29) is 17.3 Å². The fourth-order valence-corrected chi connectivity index (χ4v) is 3.67. The molecule has 5 rings (SSSR count). The van der Waals surface area contributed by atoms with E-state index in [0.717, 1.165) is 30.5 Å². The molecule has 156 valence electrons. The molecule has 4 heterocycles. The summed E-state index contributed by atoms with van der Waals surface area (Å²) < 4.78 is 29.4. The Balaban J connectivity index is 1.53. The standard InChI is InChI=1S/C21H18F2N8/c22-15-4-3-5-17(19(15)23)31-12-26-29-21(31)14-10-16(27-28-20(14)24)13-6-7-18(25-11-13)30-8-1-2-9-30/h3-7,10-12H,1-2,8-9H2,(H2,24,28). The van der Waals surface area contributed by atoms with Gasteiger partial charge in [0.15, 0.2) is 23.3 Å². The number of nitrogen functional groups attached to an aromatic ring is 1. The van der Waals surface area contributed by atoms with Gasteiger partial charge in [0.25, 0.3) is 0 Å². The average Bonchev–Trinajstić information content (AvgIpc) is 3.49. The molecular formula is C21H18F2N8. The van der Waals surface area contributed by atoms with E-state index < -0.39 is 11.6 Å². The second-order valence-corrected chi connectivity index (χ2v) is 7.23. The number of hydrogen-bond donors (Lipinski definition) is 1. The van der Waals surface area contributed by atoms with Crippen LogP contribution in [-0.4, -0.2) is 43.0 Å². The Kier molecular flexibility index (Phi) is 4.73. The molecule has 1 aliphatic rings. The smallest absolute Gasteiger partial charge is 0.182 e. The molecule has 10 heteroatoms. The van der Waals surface area contributed by atoms with Gasteiger partial charge in [-0.1, -0.05) is 6.07 Å². The SMILES string of the molecule is Nc1nnc(-c2ccc(N3CCCC3)nc2)cc1-c1nncn1-c1cccc(F)c1F. The highest BCUT2D eigenvalue weighted by Crippen LogP contribution is 2.30. The second-order valence-electron chi connectivity index (χ2n) is 7.23. The van der Waals surface area contributed by atoms with Crippen LogP contribution < -0.4 is 10.6 Å². The number of nitrogens with zero attached hydrogens (tertiary/aromatic N) is 7. The number of anilines is 2. The Morgan fingerprint density at radius 3 is 2.58 bits per heavy atom. The van der Waals surface area contributed by atoms with E-state index in [1.165, 1.54) is 35.9 Å². The van der Waals surface area contributed by atoms with Gasteiger partial charge >= 0.3 is 0 Å². The van der Waals surface area contributed by atoms with Crippen LogP contribution in [0.1, 0.15) is 12.8 Å². The fraction of sp³-hybridized carbons (Fsp3) is 0.190. The third-order valence-electron chi connectivity index (χ3n) is 5.28. The number of halogens is 2. The van der Waals surface area contributed by atoms with Gasteiger partial charge in [0.2, 0.25) is 0 Å². The number of hydrogen-bond acceptors (Lipinski definition) is 7. The van der Waals surface area contributed by atoms with Crippen molar-refractivity contribution in [2.75, 3.05) is 23.7 Å². The zero-order valence-electron chi connectivity index (χ0n) is 16.4. The summed E-state index contributed by atoms with van der Waals surface area (Å²) in [4.78, 5) is 6.78. The third-order valence-corrected chi connectivity index (χ3v) is 5.28. The van der Waals surface area contributed by atoms with Gasteiger partial charge in [0.1, 0.15) is 12.1 Å². The zero-order chi connectivity index (χ0) is 21.4. The molecule has 1 aromatic carbocycles. The Bertz CT molecular complexity index is 1230. The molecule has 1 aliphatic heterocycles. The van der Waals surface area contributed by atoms with Crippen LogP contribution >= 0.6 is 0 Å². The number of pyridine rings is 1. The van der Waals surface area contributed by atoms with Crippen molar-refractivity contribution >= 4 is 11.6 Å². The van der Waals surface area contributed by atoms with Gasteiger partial charge in [-0.15, -0.1) is 20.4 Å². The van der Waals surface area contributed by atoms with Crippen LogP contribution in [-0.2, 0) is 0 Å². The summed E-state index contributed by atoms with van der Waals surface area (Å²) in [6, 6.07) is 9.43. The monoisotopic (exact) mass is 420 g/mol. The highest BCUT2D eigenvalue weighted by atomic mass is 19.2. The molecule has 1 saturated heterocycles. The van der Waals surface area contributed by atoms with Gasteiger partial charge in [-0.25, -0.2) is 13.8 Å². The molecule has 2 N–H and O–H groups in total. The Hall–Kier alpha value is -3.95. The van der Waals surface area contributed by atoms with Crippen LogP contribution in [0.4, 0.5) is 20.4 Å². The lowest BCUT2D eigenvalue weighted by Crippen LogP contribution is -2.18. The summed E-state index contributed by atoms with van der Waals surface area (Å²) in [5, 5.41) is 16.1. The maximum atomic E-state index is 14.3. The number of rotatable bonds is 4. The summed E-state index contributed by atoms with van der Waals surface area (Å²) in [7, 11) is 0. The van der Waals surface area contributed by atoms with Crippen molar-refractivity contribution in [2.45, 2.75) is 12.8 Å². The Labute approximate surface area is 176 Å². The predicted octanol–water partition coefficient (Wildman–Crippen LogP) is 3.25. The van der Waals surface area contributed by atoms with E-state index in [1.807, 2.05) is 12.1 Å². The predicted molar refractivity (Wildman–Crippen MR) is 111 cm³/mol. The first-order valence-corrected chi connectivity index (χ1v) is 9.81. The summed E-state index contributed by atoms with van der Waals surface area (Å²) in [6.45, 7) is 2.01. The quantitative estimate of drug-likeness (QED) is 0.541. The first kappa shape index (κ1) is 19.0. The van der Waals surface area contributed by atoms with E-state index >= 15 is 0 Å². The van der Waals surface area contributed by atoms with Crippen molar-refractivity contribution < 1.29 is 8.78 Å². The molecule has 0 aliphatic carbocycles. The van der Waals surface area contributed by atoms with Gasteiger partial charge in [0, 0.05) is 24.8 Å². The summed E-state index contributed by atoms with van der Waals surface area (Å²) >= 11 is 0. The number of benzene rings is 1. The average molecular weight is 420 g/mol. The van der Waals surface area contributed by atoms with Gasteiger partial charge in [-0.3, -0.25) is 4.57 Å². The maximum Gasteiger partial charge on any atom is 0.182 e. The minimum atomic E-state index is -1.01. The van der Waals surface area contributed by atoms with E-state index in [0.29, 0.717) is 11.3 Å². The van der Waals surface area contributed by atoms with Crippen molar-refractivity contribution in [3.05, 3.63) is 60.6 Å². The highest BCUT2D eigenvalue weighted by Gasteiger charge is 2.19. The van der Waals surface area contributed by atoms with E-state index in [2.05, 4.69) is 30.3 Å². The van der Waals surface area contributed by atoms with Gasteiger partial charge in [-0.2, -0.15) is 0 Å². The molecule has 0 unspecified atom stereocenters. The maximum absolute atomic E-state index is 14.3. The molecule has 1 fully saturated rings. The lowest BCUT2D eigenvalue weighted by Gasteiger charge is -2.16. The van der Waals surface area contributed by atoms with Gasteiger partial charge in [-0.05, 0) is 43.2 Å². The van der Waals surface area contributed by atoms with Crippen LogP contribution in [0.3, 0.4) is 0 Å². The molecule has 31 heavy (non-hydrogen) atoms. The van der Waals surface area contributed by atoms with Crippen LogP contribution in [0.2, 0.25) is 0 Å². The van der Waals surface area contributed by atoms with Crippen molar-refractivity contribution in [1.29, 1.82) is 0 Å². The highest BCUT2D eigenvalue weighted by molar-refractivity contribution is 5.74. The second kappa shape index (κ2) is 7.71. The van der Waals surface area contributed by atoms with Gasteiger partial charge in [0.05, 0.1) is 16.9 Å². The molecular weight excluding hydrogens is 402 g/mol. The van der Waals surface area contributed by atoms with Crippen molar-refractivity contribution in [3.63, 3.8) is 0 Å². The largest absolute Gasteiger partial charge is 0.382 e. The Morgan fingerprint density at radius 2 is 1.81 bits per heavy atom. The third kappa shape index (κ3) is 3.45. The molecule has 0 radical (unpaired) electrons. The molecule has 4 aromatic rings. The Morgan fingerprint density at radius 1 is 0.968 bits per heavy atom. The molecule has 0 bridgehead atoms. The zero-order valence-corrected chi connectivity index (χ0v) is 16.4. The summed E-state index contributed by atoms with van der Waals surface area (Å²) in [5.74, 6) is -0.739. The molecule has 3 aromatic heterocycles. The van der Waals surface area contributed by atoms with E-state index in [1.54, 1.807) is 12.3 Å². The first-order valence-electron chi connectivity index (χ1n) is 9.81. The minimum Gasteiger partial charge on any atom is -0.382 e. The van der Waals surface area contributed by atoms with Crippen molar-refractivity contribution in [3.8, 4) is 28.3 Å². The fourth-order valence-electron chi connectivity index (χ4n) is 3.67. The number of nitrogens with two attached hydrogens (primary N) is 1. The number of aromatic nitrogens is 6. The lowest BCUT2D eigenvalue weighted by molar-refractivity contribution is 0.504. The van der Waals surface area contributed by atoms with E-state index in [4.69, 9.17) is 5.73 Å². The van der Waals surface area contributed by atoms with Crippen LogP contribution in [0.15, 0.2) is 48.9 Å². The molecule has 0 atom stereocenters. The van der Waals surface area contributed by atoms with Crippen molar-refractivity contribution in [1.82, 2.24) is 29.9 Å². The minimum absolute atomic E-state index is 0.0330.